The molecule has 0 saturated heterocycles. The lowest BCUT2D eigenvalue weighted by molar-refractivity contribution is 0.826. The lowest BCUT2D eigenvalue weighted by Gasteiger charge is -2.07. The number of nitrogens with zero attached hydrogens (tertiary/aromatic N) is 1. The second-order valence-corrected chi connectivity index (χ2v) is 4.25. The third kappa shape index (κ3) is 5.95. The van der Waals surface area contributed by atoms with Gasteiger partial charge in [0.1, 0.15) is 0 Å². The van der Waals surface area contributed by atoms with E-state index in [1.807, 2.05) is 0 Å². The standard InChI is InChI=1S/C13H25N/c1-6-8-12(5)10-14-13(9-7-2)11(3)4/h10-11H,6-9H2,1-5H3/b12-10+,14-13+. The average Bonchev–Trinajstić information content (AvgIpc) is 2.12. The van der Waals surface area contributed by atoms with Crippen molar-refractivity contribution in [1.82, 2.24) is 0 Å². The van der Waals surface area contributed by atoms with Crippen LogP contribution in [0.1, 0.15) is 60.3 Å². The highest BCUT2D eigenvalue weighted by Crippen LogP contribution is 2.08. The van der Waals surface area contributed by atoms with Crippen molar-refractivity contribution in [3.05, 3.63) is 11.8 Å². The summed E-state index contributed by atoms with van der Waals surface area (Å²) in [4.78, 5) is 4.59. The van der Waals surface area contributed by atoms with Crippen LogP contribution in [0.4, 0.5) is 0 Å². The Morgan fingerprint density at radius 1 is 1.14 bits per heavy atom. The molecule has 0 aliphatic heterocycles. The monoisotopic (exact) mass is 195 g/mol. The van der Waals surface area contributed by atoms with Crippen molar-refractivity contribution < 1.29 is 0 Å². The molecule has 0 saturated carbocycles. The normalized spacial score (nSPS) is 13.9. The van der Waals surface area contributed by atoms with E-state index in [1.54, 1.807) is 0 Å². The van der Waals surface area contributed by atoms with Crippen LogP contribution in [0.5, 0.6) is 0 Å². The highest BCUT2D eigenvalue weighted by molar-refractivity contribution is 5.86. The summed E-state index contributed by atoms with van der Waals surface area (Å²) in [5.74, 6) is 0.584. The molecular weight excluding hydrogens is 170 g/mol. The van der Waals surface area contributed by atoms with Gasteiger partial charge in [0.2, 0.25) is 0 Å². The van der Waals surface area contributed by atoms with E-state index < -0.39 is 0 Å². The van der Waals surface area contributed by atoms with Gasteiger partial charge in [0, 0.05) is 11.9 Å². The predicted octanol–water partition coefficient (Wildman–Crippen LogP) is 4.59. The smallest absolute Gasteiger partial charge is 0.0256 e. The third-order valence-corrected chi connectivity index (χ3v) is 2.27. The third-order valence-electron chi connectivity index (χ3n) is 2.27. The molecule has 0 aliphatic rings. The first-order valence-corrected chi connectivity index (χ1v) is 5.84. The molecule has 0 fully saturated rings. The maximum atomic E-state index is 4.59. The zero-order valence-corrected chi connectivity index (χ0v) is 10.4. The zero-order valence-electron chi connectivity index (χ0n) is 10.4. The molecule has 0 bridgehead atoms. The van der Waals surface area contributed by atoms with Gasteiger partial charge in [0.15, 0.2) is 0 Å². The number of rotatable bonds is 6. The summed E-state index contributed by atoms with van der Waals surface area (Å²) >= 11 is 0. The first-order valence-electron chi connectivity index (χ1n) is 5.84. The summed E-state index contributed by atoms with van der Waals surface area (Å²) in [6.45, 7) is 11.0. The summed E-state index contributed by atoms with van der Waals surface area (Å²) in [5, 5.41) is 0. The van der Waals surface area contributed by atoms with E-state index >= 15 is 0 Å². The van der Waals surface area contributed by atoms with E-state index in [0.29, 0.717) is 5.92 Å². The van der Waals surface area contributed by atoms with E-state index in [0.717, 1.165) is 6.42 Å². The lowest BCUT2D eigenvalue weighted by atomic mass is 10.0. The van der Waals surface area contributed by atoms with Gasteiger partial charge < -0.3 is 0 Å². The molecule has 14 heavy (non-hydrogen) atoms. The minimum atomic E-state index is 0.584. The number of allylic oxidation sites excluding steroid dienone is 1. The van der Waals surface area contributed by atoms with Gasteiger partial charge in [-0.1, -0.05) is 46.1 Å². The van der Waals surface area contributed by atoms with Crippen LogP contribution < -0.4 is 0 Å². The molecule has 0 unspecified atom stereocenters. The molecule has 1 heteroatoms. The molecule has 1 nitrogen and oxygen atoms in total. The van der Waals surface area contributed by atoms with Crippen LogP contribution in [0, 0.1) is 5.92 Å². The molecule has 0 aromatic heterocycles. The van der Waals surface area contributed by atoms with Crippen LogP contribution in [0.3, 0.4) is 0 Å². The van der Waals surface area contributed by atoms with Gasteiger partial charge in [-0.25, -0.2) is 0 Å². The Bertz CT molecular complexity index is 199. The van der Waals surface area contributed by atoms with E-state index in [2.05, 4.69) is 45.8 Å². The van der Waals surface area contributed by atoms with Crippen LogP contribution in [0.15, 0.2) is 16.8 Å². The summed E-state index contributed by atoms with van der Waals surface area (Å²) < 4.78 is 0. The molecular formula is C13H25N. The molecule has 0 amide bonds. The largest absolute Gasteiger partial charge is 0.265 e. The Morgan fingerprint density at radius 3 is 2.14 bits per heavy atom. The predicted molar refractivity (Wildman–Crippen MR) is 65.8 cm³/mol. The molecule has 0 radical (unpaired) electrons. The summed E-state index contributed by atoms with van der Waals surface area (Å²) in [6.07, 6.45) is 6.75. The van der Waals surface area contributed by atoms with Gasteiger partial charge in [-0.2, -0.15) is 0 Å². The van der Waals surface area contributed by atoms with Crippen molar-refractivity contribution >= 4 is 5.71 Å². The molecule has 0 aliphatic carbocycles. The average molecular weight is 195 g/mol. The summed E-state index contributed by atoms with van der Waals surface area (Å²) in [5.41, 5.74) is 2.73. The van der Waals surface area contributed by atoms with Gasteiger partial charge in [0.05, 0.1) is 0 Å². The van der Waals surface area contributed by atoms with Crippen molar-refractivity contribution in [3.63, 3.8) is 0 Å². The quantitative estimate of drug-likeness (QED) is 0.550. The minimum absolute atomic E-state index is 0.584. The van der Waals surface area contributed by atoms with Gasteiger partial charge in [0.25, 0.3) is 0 Å². The summed E-state index contributed by atoms with van der Waals surface area (Å²) in [6, 6.07) is 0. The van der Waals surface area contributed by atoms with Crippen LogP contribution in [-0.2, 0) is 0 Å². The van der Waals surface area contributed by atoms with Gasteiger partial charge in [-0.05, 0) is 25.7 Å². The molecule has 0 aromatic rings. The molecule has 82 valence electrons. The molecule has 0 atom stereocenters. The Morgan fingerprint density at radius 2 is 1.71 bits per heavy atom. The first-order chi connectivity index (χ1) is 6.61. The van der Waals surface area contributed by atoms with Crippen molar-refractivity contribution in [2.24, 2.45) is 10.9 Å². The molecule has 0 rings (SSSR count). The highest BCUT2D eigenvalue weighted by Gasteiger charge is 2.02. The van der Waals surface area contributed by atoms with Crippen molar-refractivity contribution in [1.29, 1.82) is 0 Å². The fraction of sp³-hybridized carbons (Fsp3) is 0.769. The molecule has 0 aromatic carbocycles. The minimum Gasteiger partial charge on any atom is -0.265 e. The second kappa shape index (κ2) is 7.78. The van der Waals surface area contributed by atoms with Crippen molar-refractivity contribution in [2.45, 2.75) is 60.3 Å². The van der Waals surface area contributed by atoms with Crippen LogP contribution >= 0.6 is 0 Å². The maximum Gasteiger partial charge on any atom is 0.0256 e. The SMILES string of the molecule is CCC/C(C)=C/N=C(\CCC)C(C)C. The van der Waals surface area contributed by atoms with Crippen LogP contribution in [0.2, 0.25) is 0 Å². The Kier molecular flexibility index (Phi) is 7.45. The van der Waals surface area contributed by atoms with E-state index in [4.69, 9.17) is 0 Å². The fourth-order valence-electron chi connectivity index (χ4n) is 1.41. The first kappa shape index (κ1) is 13.4. The number of hydrogen-bond acceptors (Lipinski definition) is 1. The number of hydrogen-bond donors (Lipinski definition) is 0. The van der Waals surface area contributed by atoms with Crippen LogP contribution in [0.25, 0.3) is 0 Å². The van der Waals surface area contributed by atoms with Gasteiger partial charge in [-0.15, -0.1) is 0 Å². The second-order valence-electron chi connectivity index (χ2n) is 4.25. The van der Waals surface area contributed by atoms with Gasteiger partial charge in [-0.3, -0.25) is 4.99 Å². The Balaban J connectivity index is 4.34. The zero-order chi connectivity index (χ0) is 11.0. The Labute approximate surface area is 89.3 Å². The van der Waals surface area contributed by atoms with Gasteiger partial charge >= 0.3 is 0 Å². The van der Waals surface area contributed by atoms with E-state index in [9.17, 15) is 0 Å². The number of aliphatic imine (C=N–C) groups is 1. The Hall–Kier alpha value is -0.590. The molecule has 0 N–H and O–H groups in total. The topological polar surface area (TPSA) is 12.4 Å². The van der Waals surface area contributed by atoms with Crippen molar-refractivity contribution in [3.8, 4) is 0 Å². The maximum absolute atomic E-state index is 4.59. The molecule has 0 heterocycles. The summed E-state index contributed by atoms with van der Waals surface area (Å²) in [7, 11) is 0. The molecule has 0 spiro atoms. The van der Waals surface area contributed by atoms with E-state index in [-0.39, 0.29) is 0 Å². The highest BCUT2D eigenvalue weighted by atomic mass is 14.7. The fourth-order valence-corrected chi connectivity index (χ4v) is 1.41. The van der Waals surface area contributed by atoms with Crippen LogP contribution in [-0.4, -0.2) is 5.71 Å². The van der Waals surface area contributed by atoms with Crippen molar-refractivity contribution in [2.75, 3.05) is 0 Å². The lowest BCUT2D eigenvalue weighted by Crippen LogP contribution is -2.06. The van der Waals surface area contributed by atoms with E-state index in [1.165, 1.54) is 30.5 Å².